The van der Waals surface area contributed by atoms with Gasteiger partial charge in [-0.2, -0.15) is 0 Å². The predicted molar refractivity (Wildman–Crippen MR) is 118 cm³/mol. The third kappa shape index (κ3) is 10.3. The predicted octanol–water partition coefficient (Wildman–Crippen LogP) is 3.89. The molecule has 0 unspecified atom stereocenters. The zero-order valence-electron chi connectivity index (χ0n) is 19.9. The molecule has 2 aromatic carbocycles. The summed E-state index contributed by atoms with van der Waals surface area (Å²) in [6.07, 6.45) is -1.18. The van der Waals surface area contributed by atoms with Crippen LogP contribution in [0.3, 0.4) is 0 Å². The second kappa shape index (κ2) is 16.2. The van der Waals surface area contributed by atoms with E-state index in [1.54, 1.807) is 24.3 Å². The first-order valence-electron chi connectivity index (χ1n) is 10.7. The van der Waals surface area contributed by atoms with Gasteiger partial charge in [-0.05, 0) is 43.5 Å². The summed E-state index contributed by atoms with van der Waals surface area (Å²) in [4.78, 5) is 63.6. The molecule has 0 heterocycles. The molecule has 0 radical (unpaired) electrons. The number of benzene rings is 2. The molecule has 0 spiro atoms. The minimum absolute atomic E-state index is 0.0465. The molecular formula is C23H24O14. The third-order valence-electron chi connectivity index (χ3n) is 4.31. The van der Waals surface area contributed by atoms with Gasteiger partial charge in [0.05, 0.1) is 37.5 Å². The normalized spacial score (nSPS) is 10.0. The van der Waals surface area contributed by atoms with Crippen molar-refractivity contribution in [3.05, 3.63) is 59.7 Å². The van der Waals surface area contributed by atoms with Crippen LogP contribution in [0.5, 0.6) is 11.5 Å². The maximum Gasteiger partial charge on any atom is 0.543 e. The Bertz CT molecular complexity index is 956. The summed E-state index contributed by atoms with van der Waals surface area (Å²) in [5, 5.41) is 8.23. The van der Waals surface area contributed by atoms with E-state index in [2.05, 4.69) is 29.6 Å². The van der Waals surface area contributed by atoms with E-state index >= 15 is 0 Å². The molecule has 14 heteroatoms. The van der Waals surface area contributed by atoms with E-state index < -0.39 is 24.2 Å². The summed E-state index contributed by atoms with van der Waals surface area (Å²) in [5.41, 5.74) is 0.127. The van der Waals surface area contributed by atoms with Gasteiger partial charge in [0.2, 0.25) is 0 Å². The highest BCUT2D eigenvalue weighted by atomic mass is 17.5. The first kappa shape index (κ1) is 28.7. The lowest BCUT2D eigenvalue weighted by atomic mass is 10.2. The van der Waals surface area contributed by atoms with Crippen molar-refractivity contribution in [1.29, 1.82) is 0 Å². The molecule has 0 amide bonds. The summed E-state index contributed by atoms with van der Waals surface area (Å²) < 4.78 is 19.4. The highest BCUT2D eigenvalue weighted by Gasteiger charge is 2.17. The Labute approximate surface area is 210 Å². The Kier molecular flexibility index (Phi) is 12.5. The molecule has 0 atom stereocenters. The first-order valence-corrected chi connectivity index (χ1v) is 10.7. The van der Waals surface area contributed by atoms with Crippen LogP contribution in [-0.4, -0.2) is 51.7 Å². The monoisotopic (exact) mass is 524 g/mol. The molecule has 200 valence electrons. The van der Waals surface area contributed by atoms with Crippen LogP contribution < -0.4 is 9.47 Å². The van der Waals surface area contributed by atoms with Crippen LogP contribution in [0, 0.1) is 0 Å². The number of hydrogen-bond acceptors (Lipinski definition) is 14. The molecule has 0 saturated heterocycles. The summed E-state index contributed by atoms with van der Waals surface area (Å²) >= 11 is 0. The Balaban J connectivity index is 1.47. The third-order valence-corrected chi connectivity index (χ3v) is 4.31. The van der Waals surface area contributed by atoms with Crippen LogP contribution in [0.2, 0.25) is 0 Å². The second-order valence-electron chi connectivity index (χ2n) is 6.70. The minimum Gasteiger partial charge on any atom is -0.496 e. The lowest BCUT2D eigenvalue weighted by Gasteiger charge is -2.07. The molecule has 0 aromatic heterocycles. The van der Waals surface area contributed by atoms with Crippen molar-refractivity contribution in [1.82, 2.24) is 0 Å². The van der Waals surface area contributed by atoms with Crippen LogP contribution in [0.25, 0.3) is 0 Å². The molecular weight excluding hydrogens is 500 g/mol. The zero-order valence-corrected chi connectivity index (χ0v) is 19.9. The Morgan fingerprint density at radius 1 is 0.568 bits per heavy atom. The van der Waals surface area contributed by atoms with Gasteiger partial charge in [0.25, 0.3) is 0 Å². The number of hydrogen-bond donors (Lipinski definition) is 0. The van der Waals surface area contributed by atoms with Gasteiger partial charge in [-0.25, -0.2) is 29.0 Å². The van der Waals surface area contributed by atoms with Gasteiger partial charge in [-0.15, -0.1) is 0 Å². The topological polar surface area (TPSA) is 161 Å². The second-order valence-corrected chi connectivity index (χ2v) is 6.70. The molecule has 0 bridgehead atoms. The van der Waals surface area contributed by atoms with Gasteiger partial charge in [0.15, 0.2) is 0 Å². The Hall–Kier alpha value is -4.56. The fourth-order valence-electron chi connectivity index (χ4n) is 2.61. The average molecular weight is 524 g/mol. The number of unbranched alkanes of at least 4 members (excludes halogenated alkanes) is 2. The summed E-state index contributed by atoms with van der Waals surface area (Å²) in [5.74, 6) is -1.39. The lowest BCUT2D eigenvalue weighted by molar-refractivity contribution is -0.452. The van der Waals surface area contributed by atoms with Gasteiger partial charge in [0, 0.05) is 0 Å². The Morgan fingerprint density at radius 2 is 0.973 bits per heavy atom. The van der Waals surface area contributed by atoms with E-state index in [4.69, 9.17) is 18.9 Å². The molecule has 2 rings (SSSR count). The van der Waals surface area contributed by atoms with E-state index in [0.29, 0.717) is 19.3 Å². The van der Waals surface area contributed by atoms with Gasteiger partial charge in [0.1, 0.15) is 22.6 Å². The molecule has 0 aliphatic heterocycles. The number of rotatable bonds is 14. The minimum atomic E-state index is -1.23. The number of carbonyl (C=O) groups is 4. The molecule has 0 saturated carbocycles. The average Bonchev–Trinajstić information content (AvgIpc) is 2.92. The van der Waals surface area contributed by atoms with E-state index in [1.807, 2.05) is 0 Å². The van der Waals surface area contributed by atoms with Crippen molar-refractivity contribution in [2.24, 2.45) is 0 Å². The summed E-state index contributed by atoms with van der Waals surface area (Å²) in [6, 6.07) is 12.4. The lowest BCUT2D eigenvalue weighted by Crippen LogP contribution is -2.14. The molecule has 0 aliphatic rings. The van der Waals surface area contributed by atoms with Gasteiger partial charge in [-0.1, -0.05) is 24.3 Å². The van der Waals surface area contributed by atoms with Gasteiger partial charge in [-0.3, -0.25) is 9.78 Å². The number of methoxy groups -OCH3 is 2. The van der Waals surface area contributed by atoms with E-state index in [0.717, 1.165) is 0 Å². The number of ether oxygens (including phenoxy) is 4. The maximum absolute atomic E-state index is 11.8. The number of para-hydroxylation sites is 2. The summed E-state index contributed by atoms with van der Waals surface area (Å²) in [6.45, 7) is -0.0930. The molecule has 0 aliphatic carbocycles. The van der Waals surface area contributed by atoms with Crippen molar-refractivity contribution in [2.75, 3.05) is 27.4 Å². The smallest absolute Gasteiger partial charge is 0.496 e. The van der Waals surface area contributed by atoms with Crippen LogP contribution in [0.1, 0.15) is 40.0 Å². The molecule has 37 heavy (non-hydrogen) atoms. The van der Waals surface area contributed by atoms with E-state index in [-0.39, 0.29) is 35.8 Å². The highest BCUT2D eigenvalue weighted by molar-refractivity contribution is 5.92. The van der Waals surface area contributed by atoms with Crippen molar-refractivity contribution >= 4 is 24.2 Å². The highest BCUT2D eigenvalue weighted by Crippen LogP contribution is 2.19. The van der Waals surface area contributed by atoms with Crippen LogP contribution in [0.15, 0.2) is 48.5 Å². The standard InChI is InChI=1S/C23H24O14/c1-28-18-12-6-4-10-16(18)20(24)32-36-34-22(26)30-14-8-3-9-15-31-23(27)35-37-33-21(25)17-11-5-7-13-19(17)29-2/h4-7,10-13H,3,8-9,14-15H2,1-2H3. The number of carbonyl (C=O) groups excluding carboxylic acids is 4. The van der Waals surface area contributed by atoms with Crippen molar-refractivity contribution < 1.29 is 67.8 Å². The fraction of sp³-hybridized carbons (Fsp3) is 0.304. The summed E-state index contributed by atoms with van der Waals surface area (Å²) in [7, 11) is 2.75. The van der Waals surface area contributed by atoms with Crippen LogP contribution >= 0.6 is 0 Å². The van der Waals surface area contributed by atoms with Crippen LogP contribution in [0.4, 0.5) is 9.59 Å². The van der Waals surface area contributed by atoms with Gasteiger partial charge < -0.3 is 18.9 Å². The van der Waals surface area contributed by atoms with E-state index in [9.17, 15) is 19.2 Å². The van der Waals surface area contributed by atoms with Crippen LogP contribution in [-0.2, 0) is 39.1 Å². The molecule has 2 aromatic rings. The van der Waals surface area contributed by atoms with Gasteiger partial charge >= 0.3 is 24.2 Å². The molecule has 0 N–H and O–H groups in total. The molecule has 14 nitrogen and oxygen atoms in total. The van der Waals surface area contributed by atoms with Crippen molar-refractivity contribution in [3.63, 3.8) is 0 Å². The zero-order chi connectivity index (χ0) is 26.9. The Morgan fingerprint density at radius 3 is 1.38 bits per heavy atom. The van der Waals surface area contributed by atoms with E-state index in [1.165, 1.54) is 38.5 Å². The largest absolute Gasteiger partial charge is 0.543 e. The first-order chi connectivity index (χ1) is 18.0. The van der Waals surface area contributed by atoms with Crippen molar-refractivity contribution in [2.45, 2.75) is 19.3 Å². The van der Waals surface area contributed by atoms with Crippen molar-refractivity contribution in [3.8, 4) is 11.5 Å². The quantitative estimate of drug-likeness (QED) is 0.151. The fourth-order valence-corrected chi connectivity index (χ4v) is 2.61. The SMILES string of the molecule is COc1ccccc1C(=O)OOOC(=O)OCCCCCOC(=O)OOOC(=O)c1ccccc1OC. The molecule has 0 fully saturated rings. The maximum atomic E-state index is 11.8.